The van der Waals surface area contributed by atoms with Gasteiger partial charge in [0.2, 0.25) is 0 Å². The predicted molar refractivity (Wildman–Crippen MR) is 36.8 cm³/mol. The van der Waals surface area contributed by atoms with E-state index in [1.165, 1.54) is 38.5 Å². The summed E-state index contributed by atoms with van der Waals surface area (Å²) in [6.45, 7) is 0. The van der Waals surface area contributed by atoms with Crippen LogP contribution in [0.25, 0.3) is 0 Å². The van der Waals surface area contributed by atoms with E-state index in [-0.39, 0.29) is 19.5 Å². The van der Waals surface area contributed by atoms with Crippen LogP contribution in [0, 0.1) is 0 Å². The standard InChI is InChI=1S/C8H14.Rh/c1-2-4-6-8-7-5-3-1;/h1-2H,3-8H2;/b2-1-;. The third-order valence-electron chi connectivity index (χ3n) is 1.66. The fourth-order valence-electron chi connectivity index (χ4n) is 1.11. The summed E-state index contributed by atoms with van der Waals surface area (Å²) in [7, 11) is 0. The van der Waals surface area contributed by atoms with Gasteiger partial charge in [0.1, 0.15) is 0 Å². The maximum atomic E-state index is 2.32. The average Bonchev–Trinajstić information content (AvgIpc) is 1.62. The van der Waals surface area contributed by atoms with Crippen LogP contribution in [0.15, 0.2) is 12.2 Å². The first-order chi connectivity index (χ1) is 4.00. The molecule has 0 atom stereocenters. The van der Waals surface area contributed by atoms with Crippen LogP contribution < -0.4 is 0 Å². The van der Waals surface area contributed by atoms with E-state index in [2.05, 4.69) is 12.2 Å². The molecule has 0 aromatic rings. The van der Waals surface area contributed by atoms with E-state index >= 15 is 0 Å². The van der Waals surface area contributed by atoms with Gasteiger partial charge in [-0.25, -0.2) is 0 Å². The van der Waals surface area contributed by atoms with Crippen molar-refractivity contribution in [3.8, 4) is 0 Å². The molecule has 0 saturated carbocycles. The first kappa shape index (κ1) is 9.36. The van der Waals surface area contributed by atoms with Gasteiger partial charge in [0.25, 0.3) is 0 Å². The van der Waals surface area contributed by atoms with E-state index in [9.17, 15) is 0 Å². The van der Waals surface area contributed by atoms with Crippen molar-refractivity contribution in [1.82, 2.24) is 0 Å². The van der Waals surface area contributed by atoms with Gasteiger partial charge in [0, 0.05) is 19.5 Å². The quantitative estimate of drug-likeness (QED) is 0.428. The minimum atomic E-state index is 0. The zero-order valence-corrected chi connectivity index (χ0v) is 7.37. The molecule has 0 unspecified atom stereocenters. The molecule has 0 aromatic heterocycles. The van der Waals surface area contributed by atoms with Crippen molar-refractivity contribution in [2.24, 2.45) is 0 Å². The molecule has 0 heterocycles. The molecule has 1 radical (unpaired) electrons. The number of hydrogen-bond acceptors (Lipinski definition) is 0. The minimum absolute atomic E-state index is 0. The Bertz CT molecular complexity index is 66.6. The van der Waals surface area contributed by atoms with Gasteiger partial charge in [0.05, 0.1) is 0 Å². The summed E-state index contributed by atoms with van der Waals surface area (Å²) in [5.41, 5.74) is 0. The Labute approximate surface area is 70.5 Å². The molecule has 0 aromatic carbocycles. The van der Waals surface area contributed by atoms with Crippen molar-refractivity contribution < 1.29 is 19.5 Å². The van der Waals surface area contributed by atoms with Crippen LogP contribution in [0.2, 0.25) is 0 Å². The fraction of sp³-hybridized carbons (Fsp3) is 0.750. The Morgan fingerprint density at radius 2 is 1.11 bits per heavy atom. The molecule has 55 valence electrons. The van der Waals surface area contributed by atoms with E-state index in [0.717, 1.165) is 0 Å². The summed E-state index contributed by atoms with van der Waals surface area (Å²) in [5.74, 6) is 0. The van der Waals surface area contributed by atoms with Gasteiger partial charge >= 0.3 is 0 Å². The smallest absolute Gasteiger partial charge is 0 e. The van der Waals surface area contributed by atoms with Gasteiger partial charge in [-0.05, 0) is 25.7 Å². The average molecular weight is 213 g/mol. The molecule has 0 amide bonds. The van der Waals surface area contributed by atoms with Gasteiger partial charge < -0.3 is 0 Å². The van der Waals surface area contributed by atoms with Crippen molar-refractivity contribution in [1.29, 1.82) is 0 Å². The van der Waals surface area contributed by atoms with Gasteiger partial charge in [-0.15, -0.1) is 0 Å². The second-order valence-electron chi connectivity index (χ2n) is 2.46. The van der Waals surface area contributed by atoms with E-state index in [1.54, 1.807) is 0 Å². The zero-order chi connectivity index (χ0) is 5.66. The number of allylic oxidation sites excluding steroid dienone is 2. The van der Waals surface area contributed by atoms with Gasteiger partial charge in [-0.1, -0.05) is 25.0 Å². The molecule has 1 rings (SSSR count). The third kappa shape index (κ3) is 4.84. The molecule has 9 heavy (non-hydrogen) atoms. The zero-order valence-electron chi connectivity index (χ0n) is 5.73. The van der Waals surface area contributed by atoms with E-state index in [4.69, 9.17) is 0 Å². The van der Waals surface area contributed by atoms with Crippen molar-refractivity contribution in [2.75, 3.05) is 0 Å². The summed E-state index contributed by atoms with van der Waals surface area (Å²) < 4.78 is 0. The Hall–Kier alpha value is 0.363. The summed E-state index contributed by atoms with van der Waals surface area (Å²) in [6.07, 6.45) is 13.0. The molecule has 0 bridgehead atoms. The van der Waals surface area contributed by atoms with Crippen LogP contribution in [0.4, 0.5) is 0 Å². The Morgan fingerprint density at radius 1 is 0.667 bits per heavy atom. The molecular weight excluding hydrogens is 199 g/mol. The Kier molecular flexibility index (Phi) is 6.74. The van der Waals surface area contributed by atoms with Crippen LogP contribution in [-0.4, -0.2) is 0 Å². The van der Waals surface area contributed by atoms with E-state index in [1.807, 2.05) is 0 Å². The molecule has 0 fully saturated rings. The molecule has 0 N–H and O–H groups in total. The molecule has 0 spiro atoms. The van der Waals surface area contributed by atoms with Gasteiger partial charge in [0.15, 0.2) is 0 Å². The second-order valence-corrected chi connectivity index (χ2v) is 2.46. The summed E-state index contributed by atoms with van der Waals surface area (Å²) >= 11 is 0. The van der Waals surface area contributed by atoms with Crippen LogP contribution >= 0.6 is 0 Å². The van der Waals surface area contributed by atoms with E-state index < -0.39 is 0 Å². The fourth-order valence-corrected chi connectivity index (χ4v) is 1.11. The second kappa shape index (κ2) is 6.48. The normalized spacial score (nSPS) is 23.1. The summed E-state index contributed by atoms with van der Waals surface area (Å²) in [5, 5.41) is 0. The van der Waals surface area contributed by atoms with Gasteiger partial charge in [-0.3, -0.25) is 0 Å². The number of rotatable bonds is 0. The maximum Gasteiger partial charge on any atom is 0 e. The summed E-state index contributed by atoms with van der Waals surface area (Å²) in [6, 6.07) is 0. The summed E-state index contributed by atoms with van der Waals surface area (Å²) in [4.78, 5) is 0. The van der Waals surface area contributed by atoms with Gasteiger partial charge in [-0.2, -0.15) is 0 Å². The molecule has 0 aliphatic heterocycles. The Morgan fingerprint density at radius 3 is 1.56 bits per heavy atom. The largest absolute Gasteiger partial charge is 0.0885 e. The predicted octanol–water partition coefficient (Wildman–Crippen LogP) is 2.89. The minimum Gasteiger partial charge on any atom is -0.0885 e. The van der Waals surface area contributed by atoms with Crippen molar-refractivity contribution in [3.05, 3.63) is 12.2 Å². The van der Waals surface area contributed by atoms with Crippen molar-refractivity contribution >= 4 is 0 Å². The van der Waals surface area contributed by atoms with E-state index in [0.29, 0.717) is 0 Å². The van der Waals surface area contributed by atoms with Crippen LogP contribution in [-0.2, 0) is 19.5 Å². The maximum absolute atomic E-state index is 2.32. The monoisotopic (exact) mass is 213 g/mol. The van der Waals surface area contributed by atoms with Crippen molar-refractivity contribution in [3.63, 3.8) is 0 Å². The molecule has 0 saturated heterocycles. The molecule has 1 aliphatic carbocycles. The Balaban J connectivity index is 0.000000640. The molecule has 0 nitrogen and oxygen atoms in total. The molecule has 1 aliphatic rings. The van der Waals surface area contributed by atoms with Crippen LogP contribution in [0.5, 0.6) is 0 Å². The third-order valence-corrected chi connectivity index (χ3v) is 1.66. The first-order valence-electron chi connectivity index (χ1n) is 3.65. The first-order valence-corrected chi connectivity index (χ1v) is 3.65. The molecule has 1 heteroatoms. The van der Waals surface area contributed by atoms with Crippen molar-refractivity contribution in [2.45, 2.75) is 38.5 Å². The van der Waals surface area contributed by atoms with Crippen LogP contribution in [0.3, 0.4) is 0 Å². The van der Waals surface area contributed by atoms with Crippen LogP contribution in [0.1, 0.15) is 38.5 Å². The molecular formula is C8H14Rh. The SMILES string of the molecule is C1=C\CCCCCC/1.[Rh]. The number of hydrogen-bond donors (Lipinski definition) is 0. The topological polar surface area (TPSA) is 0 Å².